The number of hydrogen-bond donors (Lipinski definition) is 1. The number of nitrogens with one attached hydrogen (secondary N) is 1. The predicted molar refractivity (Wildman–Crippen MR) is 56.7 cm³/mol. The Labute approximate surface area is 93.9 Å². The van der Waals surface area contributed by atoms with Gasteiger partial charge in [0.2, 0.25) is 5.03 Å². The number of nitrogens with zero attached hydrogens (tertiary/aromatic N) is 1. The molecule has 0 saturated heterocycles. The number of rotatable bonds is 5. The van der Waals surface area contributed by atoms with Crippen LogP contribution in [0, 0.1) is 11.7 Å². The van der Waals surface area contributed by atoms with E-state index < -0.39 is 20.9 Å². The molecule has 0 radical (unpaired) electrons. The van der Waals surface area contributed by atoms with Crippen LogP contribution in [-0.4, -0.2) is 19.9 Å². The van der Waals surface area contributed by atoms with Crippen molar-refractivity contribution in [3.63, 3.8) is 0 Å². The van der Waals surface area contributed by atoms with E-state index >= 15 is 0 Å². The third-order valence-electron chi connectivity index (χ3n) is 2.52. The molecule has 6 heteroatoms. The lowest BCUT2D eigenvalue weighted by atomic mass is 10.3. The Balaban J connectivity index is 2.03. The number of aromatic nitrogens is 1. The van der Waals surface area contributed by atoms with E-state index in [0.717, 1.165) is 12.5 Å². The van der Waals surface area contributed by atoms with Crippen molar-refractivity contribution in [1.29, 1.82) is 0 Å². The van der Waals surface area contributed by atoms with Gasteiger partial charge in [-0.3, -0.25) is 0 Å². The molecule has 1 saturated carbocycles. The Hall–Kier alpha value is -1.01. The topological polar surface area (TPSA) is 59.1 Å². The molecule has 4 nitrogen and oxygen atoms in total. The van der Waals surface area contributed by atoms with Crippen LogP contribution in [0.5, 0.6) is 0 Å². The molecule has 2 rings (SSSR count). The van der Waals surface area contributed by atoms with Crippen LogP contribution in [0.15, 0.2) is 23.4 Å². The molecule has 1 aliphatic carbocycles. The lowest BCUT2D eigenvalue weighted by Crippen LogP contribution is -2.26. The molecule has 1 fully saturated rings. The van der Waals surface area contributed by atoms with Gasteiger partial charge in [-0.05, 0) is 24.5 Å². The average molecular weight is 244 g/mol. The normalized spacial score (nSPS) is 16.3. The molecule has 1 aromatic heterocycles. The maximum atomic E-state index is 13.2. The zero-order chi connectivity index (χ0) is 11.6. The SMILES string of the molecule is O=S(=O)(NCCC1CC1)c1ncccc1F. The monoisotopic (exact) mass is 244 g/mol. The first-order chi connectivity index (χ1) is 7.59. The minimum atomic E-state index is -3.79. The highest BCUT2D eigenvalue weighted by Crippen LogP contribution is 2.31. The number of halogens is 1. The fourth-order valence-corrected chi connectivity index (χ4v) is 2.49. The van der Waals surface area contributed by atoms with E-state index in [0.29, 0.717) is 12.5 Å². The van der Waals surface area contributed by atoms with E-state index in [1.165, 1.54) is 25.1 Å². The van der Waals surface area contributed by atoms with Crippen LogP contribution < -0.4 is 4.72 Å². The fraction of sp³-hybridized carbons (Fsp3) is 0.500. The van der Waals surface area contributed by atoms with Gasteiger partial charge in [0.15, 0.2) is 5.82 Å². The smallest absolute Gasteiger partial charge is 0.241 e. The van der Waals surface area contributed by atoms with Gasteiger partial charge in [-0.15, -0.1) is 0 Å². The number of pyridine rings is 1. The standard InChI is InChI=1S/C10H13FN2O2S/c11-9-2-1-6-12-10(9)16(14,15)13-7-5-8-3-4-8/h1-2,6,8,13H,3-5,7H2. The minimum Gasteiger partial charge on any atom is -0.241 e. The van der Waals surface area contributed by atoms with Gasteiger partial charge >= 0.3 is 0 Å². The van der Waals surface area contributed by atoms with Crippen LogP contribution in [0.3, 0.4) is 0 Å². The summed E-state index contributed by atoms with van der Waals surface area (Å²) in [4.78, 5) is 3.54. The fourth-order valence-electron chi connectivity index (χ4n) is 1.44. The maximum Gasteiger partial charge on any atom is 0.261 e. The van der Waals surface area contributed by atoms with Crippen LogP contribution in [0.4, 0.5) is 4.39 Å². The van der Waals surface area contributed by atoms with Crippen molar-refractivity contribution in [3.05, 3.63) is 24.1 Å². The van der Waals surface area contributed by atoms with Crippen molar-refractivity contribution in [1.82, 2.24) is 9.71 Å². The molecular formula is C10H13FN2O2S. The summed E-state index contributed by atoms with van der Waals surface area (Å²) < 4.78 is 38.8. The van der Waals surface area contributed by atoms with Crippen molar-refractivity contribution in [2.75, 3.05) is 6.54 Å². The highest BCUT2D eigenvalue weighted by atomic mass is 32.2. The molecule has 0 aliphatic heterocycles. The van der Waals surface area contributed by atoms with Crippen molar-refractivity contribution in [2.45, 2.75) is 24.3 Å². The summed E-state index contributed by atoms with van der Waals surface area (Å²) in [7, 11) is -3.79. The quantitative estimate of drug-likeness (QED) is 0.849. The van der Waals surface area contributed by atoms with E-state index in [2.05, 4.69) is 9.71 Å². The molecule has 0 spiro atoms. The van der Waals surface area contributed by atoms with E-state index in [9.17, 15) is 12.8 Å². The van der Waals surface area contributed by atoms with Crippen LogP contribution in [-0.2, 0) is 10.0 Å². The van der Waals surface area contributed by atoms with Gasteiger partial charge in [-0.1, -0.05) is 12.8 Å². The molecule has 1 aromatic rings. The second kappa shape index (κ2) is 4.47. The van der Waals surface area contributed by atoms with E-state index in [1.54, 1.807) is 0 Å². The summed E-state index contributed by atoms with van der Waals surface area (Å²) in [6.07, 6.45) is 4.41. The van der Waals surface area contributed by atoms with Crippen LogP contribution in [0.2, 0.25) is 0 Å². The van der Waals surface area contributed by atoms with Crippen molar-refractivity contribution < 1.29 is 12.8 Å². The van der Waals surface area contributed by atoms with Crippen molar-refractivity contribution >= 4 is 10.0 Å². The first-order valence-electron chi connectivity index (χ1n) is 5.20. The van der Waals surface area contributed by atoms with Crippen molar-refractivity contribution in [2.24, 2.45) is 5.92 Å². The van der Waals surface area contributed by atoms with E-state index in [1.807, 2.05) is 0 Å². The Bertz CT molecular complexity index is 471. The summed E-state index contributed by atoms with van der Waals surface area (Å²) in [5, 5.41) is -0.522. The summed E-state index contributed by atoms with van der Waals surface area (Å²) in [5.41, 5.74) is 0. The van der Waals surface area contributed by atoms with Crippen LogP contribution in [0.1, 0.15) is 19.3 Å². The molecule has 1 heterocycles. The molecule has 0 unspecified atom stereocenters. The summed E-state index contributed by atoms with van der Waals surface area (Å²) >= 11 is 0. The lowest BCUT2D eigenvalue weighted by molar-refractivity contribution is 0.541. The number of hydrogen-bond acceptors (Lipinski definition) is 3. The van der Waals surface area contributed by atoms with Gasteiger partial charge in [0.1, 0.15) is 0 Å². The molecule has 0 bridgehead atoms. The van der Waals surface area contributed by atoms with Crippen LogP contribution in [0.25, 0.3) is 0 Å². The van der Waals surface area contributed by atoms with Gasteiger partial charge in [0.05, 0.1) is 0 Å². The Morgan fingerprint density at radius 3 is 2.88 bits per heavy atom. The molecule has 16 heavy (non-hydrogen) atoms. The minimum absolute atomic E-state index is 0.350. The zero-order valence-corrected chi connectivity index (χ0v) is 9.50. The van der Waals surface area contributed by atoms with Crippen molar-refractivity contribution in [3.8, 4) is 0 Å². The average Bonchev–Trinajstić information content (AvgIpc) is 3.02. The molecular weight excluding hydrogens is 231 g/mol. The van der Waals surface area contributed by atoms with Gasteiger partial charge in [-0.25, -0.2) is 22.5 Å². The highest BCUT2D eigenvalue weighted by Gasteiger charge is 2.23. The molecule has 0 aromatic carbocycles. The summed E-state index contributed by atoms with van der Waals surface area (Å²) in [5.74, 6) is -0.183. The largest absolute Gasteiger partial charge is 0.261 e. The van der Waals surface area contributed by atoms with E-state index in [-0.39, 0.29) is 0 Å². The number of sulfonamides is 1. The second-order valence-corrected chi connectivity index (χ2v) is 5.60. The van der Waals surface area contributed by atoms with Gasteiger partial charge in [0, 0.05) is 12.7 Å². The molecule has 0 amide bonds. The van der Waals surface area contributed by atoms with Gasteiger partial charge < -0.3 is 0 Å². The van der Waals surface area contributed by atoms with Crippen LogP contribution >= 0.6 is 0 Å². The third-order valence-corrected chi connectivity index (χ3v) is 3.91. The Kier molecular flexibility index (Phi) is 3.20. The predicted octanol–water partition coefficient (Wildman–Crippen LogP) is 1.30. The first kappa shape index (κ1) is 11.5. The summed E-state index contributed by atoms with van der Waals surface area (Å²) in [6.45, 7) is 0.350. The summed E-state index contributed by atoms with van der Waals surface area (Å²) in [6, 6.07) is 2.45. The zero-order valence-electron chi connectivity index (χ0n) is 8.69. The molecule has 0 atom stereocenters. The highest BCUT2D eigenvalue weighted by molar-refractivity contribution is 7.89. The second-order valence-electron chi connectivity index (χ2n) is 3.92. The maximum absolute atomic E-state index is 13.2. The third kappa shape index (κ3) is 2.76. The first-order valence-corrected chi connectivity index (χ1v) is 6.68. The lowest BCUT2D eigenvalue weighted by Gasteiger charge is -2.05. The van der Waals surface area contributed by atoms with E-state index in [4.69, 9.17) is 0 Å². The Morgan fingerprint density at radius 2 is 2.25 bits per heavy atom. The van der Waals surface area contributed by atoms with Gasteiger partial charge in [0.25, 0.3) is 10.0 Å². The Morgan fingerprint density at radius 1 is 1.50 bits per heavy atom. The molecule has 1 N–H and O–H groups in total. The molecule has 1 aliphatic rings. The molecule has 88 valence electrons. The van der Waals surface area contributed by atoms with Gasteiger partial charge in [-0.2, -0.15) is 0 Å².